The normalized spacial score (nSPS) is 11.1. The van der Waals surface area contributed by atoms with Gasteiger partial charge in [0, 0.05) is 25.7 Å². The third-order valence-electron chi connectivity index (χ3n) is 1.81. The second-order valence-electron chi connectivity index (χ2n) is 4.14. The van der Waals surface area contributed by atoms with Gasteiger partial charge in [-0.2, -0.15) is 0 Å². The molecule has 3 heteroatoms. The lowest BCUT2D eigenvalue weighted by Crippen LogP contribution is -2.35. The van der Waals surface area contributed by atoms with Crippen LogP contribution in [0.5, 0.6) is 0 Å². The van der Waals surface area contributed by atoms with Crippen molar-refractivity contribution in [3.05, 3.63) is 40.8 Å². The molecule has 1 rings (SSSR count). The topological polar surface area (TPSA) is 37.1 Å². The number of carbonyl (C=O) groups excluding carboxylic acids is 1. The van der Waals surface area contributed by atoms with Crippen molar-refractivity contribution in [2.75, 3.05) is 0 Å². The van der Waals surface area contributed by atoms with Gasteiger partial charge in [-0.05, 0) is 12.1 Å². The highest BCUT2D eigenvalue weighted by Crippen LogP contribution is 2.10. The van der Waals surface area contributed by atoms with Crippen molar-refractivity contribution in [1.82, 2.24) is 0 Å². The highest BCUT2D eigenvalue weighted by Gasteiger charge is 2.37. The third-order valence-corrected chi connectivity index (χ3v) is 1.81. The molecule has 14 heavy (non-hydrogen) atoms. The van der Waals surface area contributed by atoms with Crippen LogP contribution in [-0.2, 0) is 0 Å². The van der Waals surface area contributed by atoms with Crippen molar-refractivity contribution in [3.8, 4) is 0 Å². The van der Waals surface area contributed by atoms with E-state index in [2.05, 4.69) is 0 Å². The maximum Gasteiger partial charge on any atom is 0.465 e. The number of amides is 1. The summed E-state index contributed by atoms with van der Waals surface area (Å²) >= 11 is 0. The van der Waals surface area contributed by atoms with Crippen LogP contribution < -0.4 is 0 Å². The number of nitrogens with zero attached hydrogens (tertiary/aromatic N) is 1. The van der Waals surface area contributed by atoms with Gasteiger partial charge in [0.25, 0.3) is 0 Å². The minimum Gasteiger partial charge on any atom is -0.209 e. The zero-order valence-electron chi connectivity index (χ0n) is 8.65. The molecular formula is C11H14NO2+. The van der Waals surface area contributed by atoms with E-state index in [1.807, 2.05) is 6.07 Å². The Morgan fingerprint density at radius 3 is 2.07 bits per heavy atom. The van der Waals surface area contributed by atoms with Gasteiger partial charge in [0.1, 0.15) is 0 Å². The van der Waals surface area contributed by atoms with Crippen molar-refractivity contribution in [3.63, 3.8) is 0 Å². The van der Waals surface area contributed by atoms with Crippen molar-refractivity contribution >= 4 is 5.91 Å². The average molecular weight is 192 g/mol. The molecule has 74 valence electrons. The molecule has 0 N–H and O–H groups in total. The zero-order valence-corrected chi connectivity index (χ0v) is 8.65. The molecule has 0 atom stereocenters. The van der Waals surface area contributed by atoms with Gasteiger partial charge < -0.3 is 0 Å². The van der Waals surface area contributed by atoms with E-state index in [1.165, 1.54) is 0 Å². The van der Waals surface area contributed by atoms with Crippen LogP contribution in [0.25, 0.3) is 0 Å². The van der Waals surface area contributed by atoms with E-state index in [0.717, 1.165) is 0 Å². The maximum atomic E-state index is 11.6. The van der Waals surface area contributed by atoms with Gasteiger partial charge >= 0.3 is 5.91 Å². The van der Waals surface area contributed by atoms with E-state index in [9.17, 15) is 9.70 Å². The fraction of sp³-hybridized carbons (Fsp3) is 0.364. The van der Waals surface area contributed by atoms with Crippen LogP contribution in [-0.4, -0.2) is 16.2 Å². The van der Waals surface area contributed by atoms with Gasteiger partial charge in [0.15, 0.2) is 0 Å². The Labute approximate surface area is 83.3 Å². The summed E-state index contributed by atoms with van der Waals surface area (Å²) in [6.07, 6.45) is 0. The number of nitroso groups, excluding NO2 is 1. The fourth-order valence-electron chi connectivity index (χ4n) is 1.00. The molecule has 0 aliphatic carbocycles. The largest absolute Gasteiger partial charge is 0.465 e. The summed E-state index contributed by atoms with van der Waals surface area (Å²) in [4.78, 5) is 23.1. The van der Waals surface area contributed by atoms with Gasteiger partial charge in [0.2, 0.25) is 5.54 Å². The summed E-state index contributed by atoms with van der Waals surface area (Å²) in [6.45, 7) is 5.13. The minimum absolute atomic E-state index is 0.428. The van der Waals surface area contributed by atoms with Crippen LogP contribution in [0, 0.1) is 4.91 Å². The van der Waals surface area contributed by atoms with Crippen LogP contribution in [0.2, 0.25) is 0 Å². The number of carbonyl (C=O) groups is 1. The molecule has 0 heterocycles. The molecule has 3 nitrogen and oxygen atoms in total. The molecule has 0 aliphatic rings. The molecule has 0 saturated heterocycles. The zero-order chi connectivity index (χ0) is 10.8. The fourth-order valence-corrected chi connectivity index (χ4v) is 1.00. The average Bonchev–Trinajstić information content (AvgIpc) is 2.15. The Morgan fingerprint density at radius 2 is 1.64 bits per heavy atom. The lowest BCUT2D eigenvalue weighted by atomic mass is 10.1. The Bertz CT molecular complexity index is 349. The minimum atomic E-state index is -0.688. The molecule has 0 saturated carbocycles. The molecule has 1 amide bonds. The molecule has 1 aromatic carbocycles. The maximum absolute atomic E-state index is 11.6. The van der Waals surface area contributed by atoms with Crippen molar-refractivity contribution < 1.29 is 9.55 Å². The smallest absolute Gasteiger partial charge is 0.209 e. The molecule has 0 spiro atoms. The van der Waals surface area contributed by atoms with Crippen molar-refractivity contribution in [2.45, 2.75) is 26.3 Å². The summed E-state index contributed by atoms with van der Waals surface area (Å²) in [5, 5.41) is 0. The van der Waals surface area contributed by atoms with Crippen molar-refractivity contribution in [2.24, 2.45) is 0 Å². The van der Waals surface area contributed by atoms with E-state index >= 15 is 0 Å². The Hall–Kier alpha value is -1.51. The number of hydrogen-bond acceptors (Lipinski definition) is 2. The first-order chi connectivity index (χ1) is 6.43. The molecule has 0 radical (unpaired) electrons. The first-order valence-electron chi connectivity index (χ1n) is 4.49. The van der Waals surface area contributed by atoms with Crippen molar-refractivity contribution in [1.29, 1.82) is 0 Å². The molecule has 0 aliphatic heterocycles. The summed E-state index contributed by atoms with van der Waals surface area (Å²) in [7, 11) is 0. The van der Waals surface area contributed by atoms with E-state index in [0.29, 0.717) is 10.3 Å². The summed E-state index contributed by atoms with van der Waals surface area (Å²) in [5.74, 6) is -0.488. The monoisotopic (exact) mass is 192 g/mol. The summed E-state index contributed by atoms with van der Waals surface area (Å²) < 4.78 is 0.502. The highest BCUT2D eigenvalue weighted by atomic mass is 16.3. The number of hydrogen-bond donors (Lipinski definition) is 0. The van der Waals surface area contributed by atoms with E-state index in [-0.39, 0.29) is 0 Å². The second-order valence-corrected chi connectivity index (χ2v) is 4.14. The van der Waals surface area contributed by atoms with Crippen LogP contribution in [0.4, 0.5) is 0 Å². The van der Waals surface area contributed by atoms with E-state index in [1.54, 1.807) is 45.0 Å². The number of rotatable bonds is 1. The number of benzene rings is 1. The van der Waals surface area contributed by atoms with Gasteiger partial charge in [-0.1, -0.05) is 18.2 Å². The third kappa shape index (κ3) is 2.25. The van der Waals surface area contributed by atoms with Crippen LogP contribution >= 0.6 is 0 Å². The molecule has 0 fully saturated rings. The molecule has 1 aromatic rings. The van der Waals surface area contributed by atoms with Gasteiger partial charge in [-0.25, -0.2) is 4.79 Å². The summed E-state index contributed by atoms with van der Waals surface area (Å²) in [6, 6.07) is 8.56. The van der Waals surface area contributed by atoms with Crippen LogP contribution in [0.15, 0.2) is 30.3 Å². The summed E-state index contributed by atoms with van der Waals surface area (Å²) in [5.41, 5.74) is -0.259. The highest BCUT2D eigenvalue weighted by molar-refractivity contribution is 5.87. The first kappa shape index (κ1) is 10.6. The Morgan fingerprint density at radius 1 is 1.14 bits per heavy atom. The van der Waals surface area contributed by atoms with Crippen LogP contribution in [0.1, 0.15) is 31.1 Å². The van der Waals surface area contributed by atoms with Gasteiger partial charge in [-0.15, -0.1) is 0 Å². The van der Waals surface area contributed by atoms with E-state index < -0.39 is 11.4 Å². The second kappa shape index (κ2) is 3.70. The van der Waals surface area contributed by atoms with E-state index in [4.69, 9.17) is 0 Å². The molecule has 0 aromatic heterocycles. The first-order valence-corrected chi connectivity index (χ1v) is 4.49. The predicted octanol–water partition coefficient (Wildman–Crippen LogP) is 2.40. The Kier molecular flexibility index (Phi) is 2.79. The lowest BCUT2D eigenvalue weighted by molar-refractivity contribution is -0.526. The standard InChI is InChI=1S/C11H14NO2/c1-11(2,3)12(14)10(13)9-7-5-4-6-8-9/h4-8H,1-3H3/q+1. The SMILES string of the molecule is CC(C)(C)[N+](=O)C(=O)c1ccccc1. The van der Waals surface area contributed by atoms with Gasteiger partial charge in [-0.3, -0.25) is 0 Å². The van der Waals surface area contributed by atoms with Gasteiger partial charge in [0.05, 0.1) is 10.3 Å². The molecule has 0 unspecified atom stereocenters. The Balaban J connectivity index is 2.93. The van der Waals surface area contributed by atoms with Crippen LogP contribution in [0.3, 0.4) is 0 Å². The molecule has 0 bridgehead atoms. The quantitative estimate of drug-likeness (QED) is 0.641. The molecular weight excluding hydrogens is 178 g/mol. The lowest BCUT2D eigenvalue weighted by Gasteiger charge is -2.06. The predicted molar refractivity (Wildman–Crippen MR) is 54.2 cm³/mol.